The fraction of sp³-hybridized carbons (Fsp3) is 0.208. The molecule has 0 bridgehead atoms. The molecule has 0 atom stereocenters. The van der Waals surface area contributed by atoms with Crippen molar-refractivity contribution >= 4 is 16.0 Å². The van der Waals surface area contributed by atoms with Crippen LogP contribution in [0.2, 0.25) is 0 Å². The third-order valence-corrected chi connectivity index (χ3v) is 6.51. The maximum Gasteiger partial charge on any atom is 0.416 e. The van der Waals surface area contributed by atoms with Crippen LogP contribution in [0.1, 0.15) is 34.0 Å². The quantitative estimate of drug-likeness (QED) is 0.423. The molecule has 0 spiro atoms. The molecule has 0 saturated carbocycles. The summed E-state index contributed by atoms with van der Waals surface area (Å²) >= 11 is 0. The number of hydrogen-bond acceptors (Lipinski definition) is 4. The minimum Gasteiger partial charge on any atom is -0.478 e. The van der Waals surface area contributed by atoms with E-state index in [1.54, 1.807) is 31.2 Å². The summed E-state index contributed by atoms with van der Waals surface area (Å²) in [5, 5.41) is 9.30. The number of carboxylic acids is 1. The van der Waals surface area contributed by atoms with E-state index in [1.165, 1.54) is 24.3 Å². The molecule has 0 unspecified atom stereocenters. The van der Waals surface area contributed by atoms with Crippen molar-refractivity contribution in [3.63, 3.8) is 0 Å². The third-order valence-electron chi connectivity index (χ3n) is 5.05. The van der Waals surface area contributed by atoms with Crippen LogP contribution in [0.15, 0.2) is 71.6 Å². The van der Waals surface area contributed by atoms with Crippen LogP contribution in [0.25, 0.3) is 0 Å². The molecule has 0 saturated heterocycles. The molecule has 0 fully saturated rings. The summed E-state index contributed by atoms with van der Waals surface area (Å²) in [7, 11) is -3.89. The van der Waals surface area contributed by atoms with Gasteiger partial charge in [0.1, 0.15) is 11.5 Å². The number of halogens is 3. The van der Waals surface area contributed by atoms with Crippen LogP contribution >= 0.6 is 0 Å². The minimum atomic E-state index is -4.42. The van der Waals surface area contributed by atoms with Crippen LogP contribution in [0.5, 0.6) is 11.5 Å². The molecule has 6 nitrogen and oxygen atoms in total. The summed E-state index contributed by atoms with van der Waals surface area (Å²) in [5.74, 6) is -0.517. The number of carboxylic acid groups (broad SMARTS) is 1. The van der Waals surface area contributed by atoms with Gasteiger partial charge in [-0.15, -0.1) is 0 Å². The van der Waals surface area contributed by atoms with Crippen molar-refractivity contribution in [2.24, 2.45) is 0 Å². The Morgan fingerprint density at radius 3 is 2.09 bits per heavy atom. The fourth-order valence-corrected chi connectivity index (χ4v) is 4.27. The molecular formula is C24H22F3NO5S. The van der Waals surface area contributed by atoms with Gasteiger partial charge in [0.25, 0.3) is 0 Å². The zero-order chi connectivity index (χ0) is 24.9. The Morgan fingerprint density at radius 2 is 1.56 bits per heavy atom. The van der Waals surface area contributed by atoms with E-state index in [4.69, 9.17) is 4.74 Å². The van der Waals surface area contributed by atoms with Crippen molar-refractivity contribution in [3.8, 4) is 11.5 Å². The Hall–Kier alpha value is -3.37. The average Bonchev–Trinajstić information content (AvgIpc) is 2.79. The summed E-state index contributed by atoms with van der Waals surface area (Å²) in [4.78, 5) is 11.3. The van der Waals surface area contributed by atoms with Gasteiger partial charge in [-0.3, -0.25) is 0 Å². The SMILES string of the molecule is CCc1ccc(S(=O)(=O)NCCc2ccc(Oc3ccc(C(F)(F)F)cc3)cc2)cc1C(=O)O. The van der Waals surface area contributed by atoms with Gasteiger partial charge in [-0.05, 0) is 72.5 Å². The van der Waals surface area contributed by atoms with Crippen LogP contribution in [0.3, 0.4) is 0 Å². The first-order valence-electron chi connectivity index (χ1n) is 10.3. The van der Waals surface area contributed by atoms with Gasteiger partial charge >= 0.3 is 12.1 Å². The van der Waals surface area contributed by atoms with E-state index in [2.05, 4.69) is 4.72 Å². The number of alkyl halides is 3. The number of hydrogen-bond donors (Lipinski definition) is 2. The van der Waals surface area contributed by atoms with Crippen molar-refractivity contribution in [3.05, 3.63) is 89.0 Å². The lowest BCUT2D eigenvalue weighted by Crippen LogP contribution is -2.26. The van der Waals surface area contributed by atoms with E-state index in [1.807, 2.05) is 0 Å². The molecule has 0 heterocycles. The van der Waals surface area contributed by atoms with Crippen LogP contribution in [0.4, 0.5) is 13.2 Å². The Kier molecular flexibility index (Phi) is 7.63. The van der Waals surface area contributed by atoms with Gasteiger partial charge in [0.15, 0.2) is 0 Å². The van der Waals surface area contributed by atoms with E-state index in [9.17, 15) is 31.5 Å². The molecule has 3 aromatic rings. The van der Waals surface area contributed by atoms with Gasteiger partial charge in [0.05, 0.1) is 16.0 Å². The monoisotopic (exact) mass is 493 g/mol. The van der Waals surface area contributed by atoms with Crippen LogP contribution in [0, 0.1) is 0 Å². The highest BCUT2D eigenvalue weighted by atomic mass is 32.2. The summed E-state index contributed by atoms with van der Waals surface area (Å²) in [5.41, 5.74) is 0.534. The molecular weight excluding hydrogens is 471 g/mol. The highest BCUT2D eigenvalue weighted by molar-refractivity contribution is 7.89. The standard InChI is InChI=1S/C24H22F3NO5S/c1-2-17-5-12-21(15-22(17)23(29)30)34(31,32)28-14-13-16-3-8-19(9-4-16)33-20-10-6-18(7-11-20)24(25,26)27/h3-12,15,28H,2,13-14H2,1H3,(H,29,30). The van der Waals surface area contributed by atoms with Crippen LogP contribution < -0.4 is 9.46 Å². The van der Waals surface area contributed by atoms with Gasteiger partial charge in [0.2, 0.25) is 10.0 Å². The number of aryl methyl sites for hydroxylation is 1. The maximum atomic E-state index is 12.6. The number of aromatic carboxylic acids is 1. The second kappa shape index (κ2) is 10.3. The van der Waals surface area contributed by atoms with Gasteiger partial charge in [-0.25, -0.2) is 17.9 Å². The van der Waals surface area contributed by atoms with Crippen molar-refractivity contribution in [1.29, 1.82) is 0 Å². The van der Waals surface area contributed by atoms with Crippen molar-refractivity contribution in [1.82, 2.24) is 4.72 Å². The van der Waals surface area contributed by atoms with E-state index in [0.29, 0.717) is 24.2 Å². The van der Waals surface area contributed by atoms with Crippen molar-refractivity contribution < 1.29 is 36.2 Å². The summed E-state index contributed by atoms with van der Waals surface area (Å²) in [6, 6.07) is 15.0. The molecule has 0 amide bonds. The van der Waals surface area contributed by atoms with E-state index in [0.717, 1.165) is 23.8 Å². The lowest BCUT2D eigenvalue weighted by molar-refractivity contribution is -0.137. The van der Waals surface area contributed by atoms with Gasteiger partial charge in [-0.2, -0.15) is 13.2 Å². The third kappa shape index (κ3) is 6.36. The van der Waals surface area contributed by atoms with Crippen molar-refractivity contribution in [2.45, 2.75) is 30.8 Å². The summed E-state index contributed by atoms with van der Waals surface area (Å²) in [6.07, 6.45) is -3.59. The largest absolute Gasteiger partial charge is 0.478 e. The number of nitrogens with one attached hydrogen (secondary N) is 1. The Balaban J connectivity index is 1.58. The molecule has 3 aromatic carbocycles. The molecule has 34 heavy (non-hydrogen) atoms. The number of rotatable bonds is 9. The molecule has 0 aliphatic rings. The highest BCUT2D eigenvalue weighted by Gasteiger charge is 2.30. The smallest absolute Gasteiger partial charge is 0.416 e. The lowest BCUT2D eigenvalue weighted by atomic mass is 10.1. The fourth-order valence-electron chi connectivity index (χ4n) is 3.22. The number of carbonyl (C=O) groups is 1. The Bertz CT molecular complexity index is 1260. The molecule has 3 rings (SSSR count). The number of sulfonamides is 1. The summed E-state index contributed by atoms with van der Waals surface area (Å²) in [6.45, 7) is 1.87. The molecule has 0 aliphatic carbocycles. The zero-order valence-corrected chi connectivity index (χ0v) is 18.9. The molecule has 10 heteroatoms. The van der Waals surface area contributed by atoms with Gasteiger partial charge in [0, 0.05) is 6.54 Å². The predicted octanol–water partition coefficient (Wildman–Crippen LogP) is 5.28. The maximum absolute atomic E-state index is 12.6. The molecule has 0 aromatic heterocycles. The lowest BCUT2D eigenvalue weighted by Gasteiger charge is -2.11. The molecule has 180 valence electrons. The van der Waals surface area contributed by atoms with E-state index >= 15 is 0 Å². The number of ether oxygens (including phenoxy) is 1. The first-order chi connectivity index (χ1) is 16.0. The van der Waals surface area contributed by atoms with Gasteiger partial charge in [-0.1, -0.05) is 25.1 Å². The predicted molar refractivity (Wildman–Crippen MR) is 120 cm³/mol. The second-order valence-corrected chi connectivity index (χ2v) is 9.16. The highest BCUT2D eigenvalue weighted by Crippen LogP contribution is 2.31. The first kappa shape index (κ1) is 25.3. The first-order valence-corrected chi connectivity index (χ1v) is 11.8. The summed E-state index contributed by atoms with van der Waals surface area (Å²) < 4.78 is 71.0. The van der Waals surface area contributed by atoms with E-state index in [-0.39, 0.29) is 22.8 Å². The average molecular weight is 494 g/mol. The topological polar surface area (TPSA) is 92.7 Å². The normalized spacial score (nSPS) is 11.9. The Labute approximate surface area is 195 Å². The van der Waals surface area contributed by atoms with Gasteiger partial charge < -0.3 is 9.84 Å². The number of benzene rings is 3. The second-order valence-electron chi connectivity index (χ2n) is 7.39. The van der Waals surface area contributed by atoms with E-state index < -0.39 is 27.7 Å². The van der Waals surface area contributed by atoms with Crippen LogP contribution in [-0.4, -0.2) is 26.0 Å². The molecule has 2 N–H and O–H groups in total. The Morgan fingerprint density at radius 1 is 0.971 bits per heavy atom. The van der Waals surface area contributed by atoms with Crippen LogP contribution in [-0.2, 0) is 29.0 Å². The van der Waals surface area contributed by atoms with Crippen molar-refractivity contribution in [2.75, 3.05) is 6.54 Å². The molecule has 0 radical (unpaired) electrons. The molecule has 0 aliphatic heterocycles. The minimum absolute atomic E-state index is 0.0472. The zero-order valence-electron chi connectivity index (χ0n) is 18.1.